The maximum absolute atomic E-state index is 15.1. The molecule has 1 amide bonds. The van der Waals surface area contributed by atoms with Gasteiger partial charge in [-0.05, 0) is 52.5 Å². The number of halogens is 1. The number of oxazole rings is 1. The van der Waals surface area contributed by atoms with Gasteiger partial charge in [-0.1, -0.05) is 81.4 Å². The van der Waals surface area contributed by atoms with Crippen LogP contribution in [0.2, 0.25) is 5.04 Å². The van der Waals surface area contributed by atoms with Crippen molar-refractivity contribution in [2.45, 2.75) is 57.8 Å². The molecule has 0 N–H and O–H groups in total. The molecule has 1 fully saturated rings. The SMILES string of the molecule is COc1ccc(F)cc1[C@H](Cn1c(=O)n(C2CCN(C)C2=O)c(=O)c2c(C)c(-c3ncco3)sc21)OCCO[Si](c1ccccc1)(c1ccccc1)C(C)(C)C. The maximum atomic E-state index is 15.1. The standard InChI is InChI=1S/C42H45FN4O7SSi/c1-27-35-39(49)47(32-19-21-45(5)38(32)48)41(50)46(40(35)55-36(27)37-44-20-22-53-37)26-34(31-25-28(43)17-18-33(31)51-6)52-23-24-54-56(42(2,3)4,29-13-9-7-10-14-29)30-15-11-8-12-16-30/h7-18,20,22,25,32,34H,19,21,23-24,26H2,1-6H3/t32?,34-/m0/s1. The van der Waals surface area contributed by atoms with E-state index in [1.54, 1.807) is 14.0 Å². The van der Waals surface area contributed by atoms with Crippen molar-refractivity contribution in [3.8, 4) is 16.5 Å². The summed E-state index contributed by atoms with van der Waals surface area (Å²) in [4.78, 5) is 49.0. The number of fused-ring (bicyclic) bond motifs is 1. The Balaban J connectivity index is 1.32. The summed E-state index contributed by atoms with van der Waals surface area (Å²) in [6.45, 7) is 8.85. The van der Waals surface area contributed by atoms with E-state index in [2.05, 4.69) is 50.0 Å². The van der Waals surface area contributed by atoms with Gasteiger partial charge < -0.3 is 23.2 Å². The summed E-state index contributed by atoms with van der Waals surface area (Å²) in [6, 6.07) is 23.7. The lowest BCUT2D eigenvalue weighted by molar-refractivity contribution is -0.129. The third-order valence-corrected chi connectivity index (χ3v) is 17.0. The maximum Gasteiger partial charge on any atom is 0.332 e. The molecule has 56 heavy (non-hydrogen) atoms. The number of carbonyl (C=O) groups is 1. The van der Waals surface area contributed by atoms with Crippen LogP contribution in [0.15, 0.2) is 105 Å². The fourth-order valence-corrected chi connectivity index (χ4v) is 13.7. The topological polar surface area (TPSA) is 118 Å². The van der Waals surface area contributed by atoms with Gasteiger partial charge in [-0.3, -0.25) is 14.2 Å². The van der Waals surface area contributed by atoms with E-state index in [9.17, 15) is 14.4 Å². The third kappa shape index (κ3) is 6.95. The molecule has 11 nitrogen and oxygen atoms in total. The van der Waals surface area contributed by atoms with Crippen molar-refractivity contribution in [2.24, 2.45) is 0 Å². The van der Waals surface area contributed by atoms with Crippen molar-refractivity contribution in [3.05, 3.63) is 129 Å². The highest BCUT2D eigenvalue weighted by molar-refractivity contribution is 7.22. The minimum atomic E-state index is -2.92. The van der Waals surface area contributed by atoms with Crippen molar-refractivity contribution in [3.63, 3.8) is 0 Å². The molecule has 0 aliphatic carbocycles. The van der Waals surface area contributed by atoms with Crippen LogP contribution in [0.25, 0.3) is 21.0 Å². The fourth-order valence-electron chi connectivity index (χ4n) is 7.89. The van der Waals surface area contributed by atoms with Gasteiger partial charge in [0, 0.05) is 19.2 Å². The van der Waals surface area contributed by atoms with E-state index in [-0.39, 0.29) is 36.1 Å². The summed E-state index contributed by atoms with van der Waals surface area (Å²) >= 11 is 1.19. The predicted octanol–water partition coefficient (Wildman–Crippen LogP) is 6.07. The molecule has 1 aliphatic rings. The first-order valence-corrected chi connectivity index (χ1v) is 21.2. The Kier molecular flexibility index (Phi) is 11.0. The zero-order valence-corrected chi connectivity index (χ0v) is 34.1. The largest absolute Gasteiger partial charge is 0.496 e. The highest BCUT2D eigenvalue weighted by Crippen LogP contribution is 2.39. The number of likely N-dealkylation sites (tertiary alicyclic amines) is 1. The third-order valence-electron chi connectivity index (χ3n) is 10.6. The van der Waals surface area contributed by atoms with Crippen LogP contribution in [0.3, 0.4) is 0 Å². The summed E-state index contributed by atoms with van der Waals surface area (Å²) in [6.07, 6.45) is 2.28. The highest BCUT2D eigenvalue weighted by Gasteiger charge is 2.50. The number of methoxy groups -OCH3 is 1. The Labute approximate surface area is 329 Å². The number of carbonyl (C=O) groups excluding carboxylic acids is 1. The summed E-state index contributed by atoms with van der Waals surface area (Å²) < 4.78 is 42.7. The molecule has 0 spiro atoms. The molecular formula is C42H45FN4O7SSi. The molecule has 14 heteroatoms. The Morgan fingerprint density at radius 2 is 1.68 bits per heavy atom. The second kappa shape index (κ2) is 15.8. The molecule has 292 valence electrons. The van der Waals surface area contributed by atoms with Gasteiger partial charge in [0.1, 0.15) is 34.8 Å². The zero-order valence-electron chi connectivity index (χ0n) is 32.3. The smallest absolute Gasteiger partial charge is 0.332 e. The zero-order chi connectivity index (χ0) is 39.8. The van der Waals surface area contributed by atoms with Gasteiger partial charge in [0.25, 0.3) is 13.9 Å². The van der Waals surface area contributed by atoms with E-state index >= 15 is 4.39 Å². The van der Waals surface area contributed by atoms with Crippen LogP contribution >= 0.6 is 11.3 Å². The molecule has 6 aromatic rings. The molecule has 1 aliphatic heterocycles. The molecule has 0 radical (unpaired) electrons. The van der Waals surface area contributed by atoms with Crippen molar-refractivity contribution in [1.29, 1.82) is 0 Å². The number of ether oxygens (including phenoxy) is 2. The number of likely N-dealkylation sites (N-methyl/N-ethyl adjacent to an activating group) is 1. The van der Waals surface area contributed by atoms with Crippen molar-refractivity contribution in [2.75, 3.05) is 33.9 Å². The van der Waals surface area contributed by atoms with Crippen LogP contribution in [-0.4, -0.2) is 67.2 Å². The van der Waals surface area contributed by atoms with Crippen molar-refractivity contribution in [1.82, 2.24) is 19.0 Å². The normalized spacial score (nSPS) is 15.5. The molecule has 4 heterocycles. The van der Waals surface area contributed by atoms with Crippen LogP contribution in [-0.2, 0) is 20.5 Å². The average molecular weight is 797 g/mol. The Morgan fingerprint density at radius 1 is 1.00 bits per heavy atom. The molecule has 3 aromatic heterocycles. The molecule has 0 saturated carbocycles. The van der Waals surface area contributed by atoms with Crippen LogP contribution in [0.5, 0.6) is 5.75 Å². The lowest BCUT2D eigenvalue weighted by atomic mass is 10.1. The molecule has 2 atom stereocenters. The number of hydrogen-bond acceptors (Lipinski definition) is 9. The van der Waals surface area contributed by atoms with E-state index in [0.717, 1.165) is 14.9 Å². The summed E-state index contributed by atoms with van der Waals surface area (Å²) in [5.41, 5.74) is -0.309. The lowest BCUT2D eigenvalue weighted by Gasteiger charge is -2.43. The monoisotopic (exact) mass is 796 g/mol. The van der Waals surface area contributed by atoms with E-state index in [1.165, 1.54) is 58.6 Å². The molecule has 1 unspecified atom stereocenters. The highest BCUT2D eigenvalue weighted by atomic mass is 32.1. The first kappa shape index (κ1) is 39.1. The van der Waals surface area contributed by atoms with Gasteiger partial charge in [0.05, 0.1) is 43.3 Å². The number of thiophene rings is 1. The van der Waals surface area contributed by atoms with E-state index in [0.29, 0.717) is 45.4 Å². The quantitative estimate of drug-likeness (QED) is 0.102. The molecule has 0 bridgehead atoms. The number of aryl methyl sites for hydroxylation is 1. The number of rotatable bonds is 13. The number of aromatic nitrogens is 3. The summed E-state index contributed by atoms with van der Waals surface area (Å²) in [7, 11) is 0.208. The Hall–Kier alpha value is -5.15. The second-order valence-corrected chi connectivity index (χ2v) is 20.3. The number of benzene rings is 3. The molecule has 3 aromatic carbocycles. The van der Waals surface area contributed by atoms with Crippen LogP contribution in [0.4, 0.5) is 4.39 Å². The van der Waals surface area contributed by atoms with Gasteiger partial charge in [-0.15, -0.1) is 11.3 Å². The van der Waals surface area contributed by atoms with Crippen LogP contribution in [0.1, 0.15) is 50.5 Å². The van der Waals surface area contributed by atoms with E-state index < -0.39 is 37.5 Å². The van der Waals surface area contributed by atoms with Crippen molar-refractivity contribution < 1.29 is 27.5 Å². The van der Waals surface area contributed by atoms with E-state index in [1.807, 2.05) is 36.4 Å². The Morgan fingerprint density at radius 3 is 2.25 bits per heavy atom. The number of hydrogen-bond donors (Lipinski definition) is 0. The van der Waals surface area contributed by atoms with Gasteiger partial charge in [-0.2, -0.15) is 0 Å². The molecule has 1 saturated heterocycles. The van der Waals surface area contributed by atoms with Crippen LogP contribution in [0, 0.1) is 12.7 Å². The average Bonchev–Trinajstić information content (AvgIpc) is 3.92. The first-order valence-electron chi connectivity index (χ1n) is 18.5. The minimum Gasteiger partial charge on any atom is -0.496 e. The summed E-state index contributed by atoms with van der Waals surface area (Å²) in [5.74, 6) is -0.183. The minimum absolute atomic E-state index is 0.0727. The molecule has 7 rings (SSSR count). The molecular weight excluding hydrogens is 752 g/mol. The number of amides is 1. The summed E-state index contributed by atoms with van der Waals surface area (Å²) in [5, 5.41) is 2.21. The van der Waals surface area contributed by atoms with Crippen LogP contribution < -0.4 is 26.4 Å². The predicted molar refractivity (Wildman–Crippen MR) is 217 cm³/mol. The fraction of sp³-hybridized carbons (Fsp3) is 0.333. The van der Waals surface area contributed by atoms with E-state index in [4.69, 9.17) is 18.3 Å². The van der Waals surface area contributed by atoms with Crippen molar-refractivity contribution >= 4 is 46.2 Å². The lowest BCUT2D eigenvalue weighted by Crippen LogP contribution is -2.66. The first-order chi connectivity index (χ1) is 26.9. The van der Waals surface area contributed by atoms with Gasteiger partial charge in [-0.25, -0.2) is 18.7 Å². The van der Waals surface area contributed by atoms with Gasteiger partial charge in [0.15, 0.2) is 0 Å². The van der Waals surface area contributed by atoms with Gasteiger partial charge >= 0.3 is 5.69 Å². The second-order valence-electron chi connectivity index (χ2n) is 15.0. The Bertz CT molecular complexity index is 2420. The van der Waals surface area contributed by atoms with Gasteiger partial charge in [0.2, 0.25) is 11.8 Å². The number of nitrogens with zero attached hydrogens (tertiary/aromatic N) is 4.